The highest BCUT2D eigenvalue weighted by atomic mass is 31.2. The van der Waals surface area contributed by atoms with Crippen LogP contribution in [0.1, 0.15) is 37.3 Å². The van der Waals surface area contributed by atoms with Crippen molar-refractivity contribution in [2.75, 3.05) is 14.2 Å². The molecule has 25 heavy (non-hydrogen) atoms. The van der Waals surface area contributed by atoms with Crippen molar-refractivity contribution in [3.05, 3.63) is 71.8 Å². The molecule has 0 aliphatic heterocycles. The van der Waals surface area contributed by atoms with E-state index in [1.165, 1.54) is 14.2 Å². The van der Waals surface area contributed by atoms with Crippen LogP contribution in [0, 0.1) is 5.92 Å². The standard InChI is InChI=1S/C20H28NO3P/c1-16(2)15-20(21,25(22,23-3)24-4)19(17-11-7-5-8-12-17)18-13-9-6-10-14-18/h5-14,16,19H,15,21H2,1-4H3/t20-/m1/s1. The molecule has 0 bridgehead atoms. The van der Waals surface area contributed by atoms with Crippen molar-refractivity contribution < 1.29 is 13.6 Å². The molecule has 0 unspecified atom stereocenters. The smallest absolute Gasteiger partial charge is 0.314 e. The van der Waals surface area contributed by atoms with Gasteiger partial charge in [-0.25, -0.2) is 0 Å². The highest BCUT2D eigenvalue weighted by molar-refractivity contribution is 7.55. The van der Waals surface area contributed by atoms with E-state index in [2.05, 4.69) is 13.8 Å². The van der Waals surface area contributed by atoms with Gasteiger partial charge < -0.3 is 14.8 Å². The Morgan fingerprint density at radius 2 is 1.32 bits per heavy atom. The van der Waals surface area contributed by atoms with Crippen molar-refractivity contribution in [3.63, 3.8) is 0 Å². The van der Waals surface area contributed by atoms with E-state index >= 15 is 0 Å². The van der Waals surface area contributed by atoms with Crippen LogP contribution in [0.3, 0.4) is 0 Å². The molecule has 2 N–H and O–H groups in total. The van der Waals surface area contributed by atoms with Gasteiger partial charge in [0.25, 0.3) is 0 Å². The molecule has 2 aromatic carbocycles. The van der Waals surface area contributed by atoms with E-state index in [1.807, 2.05) is 60.7 Å². The fourth-order valence-corrected chi connectivity index (χ4v) is 5.55. The van der Waals surface area contributed by atoms with Crippen molar-refractivity contribution in [2.45, 2.75) is 31.5 Å². The Labute approximate surface area is 150 Å². The second-order valence-electron chi connectivity index (χ2n) is 6.71. The molecule has 136 valence electrons. The van der Waals surface area contributed by atoms with Gasteiger partial charge in [0.1, 0.15) is 5.28 Å². The predicted octanol–water partition coefficient (Wildman–Crippen LogP) is 5.01. The summed E-state index contributed by atoms with van der Waals surface area (Å²) in [5.41, 5.74) is 8.88. The van der Waals surface area contributed by atoms with Crippen LogP contribution < -0.4 is 5.73 Å². The highest BCUT2D eigenvalue weighted by Gasteiger charge is 2.53. The predicted molar refractivity (Wildman–Crippen MR) is 103 cm³/mol. The van der Waals surface area contributed by atoms with Gasteiger partial charge in [0.15, 0.2) is 0 Å². The molecule has 4 nitrogen and oxygen atoms in total. The summed E-state index contributed by atoms with van der Waals surface area (Å²) in [4.78, 5) is 0. The summed E-state index contributed by atoms with van der Waals surface area (Å²) < 4.78 is 24.3. The van der Waals surface area contributed by atoms with Gasteiger partial charge in [-0.15, -0.1) is 0 Å². The second kappa shape index (κ2) is 8.29. The van der Waals surface area contributed by atoms with Crippen LogP contribution in [-0.4, -0.2) is 19.5 Å². The van der Waals surface area contributed by atoms with Crippen LogP contribution in [0.25, 0.3) is 0 Å². The zero-order valence-corrected chi connectivity index (χ0v) is 16.3. The Morgan fingerprint density at radius 1 is 0.920 bits per heavy atom. The third kappa shape index (κ3) is 4.04. The minimum Gasteiger partial charge on any atom is -0.314 e. The summed E-state index contributed by atoms with van der Waals surface area (Å²) >= 11 is 0. The summed E-state index contributed by atoms with van der Waals surface area (Å²) in [7, 11) is -0.762. The minimum absolute atomic E-state index is 0.221. The maximum atomic E-state index is 13.5. The van der Waals surface area contributed by atoms with Gasteiger partial charge in [0.2, 0.25) is 0 Å². The van der Waals surface area contributed by atoms with Gasteiger partial charge in [-0.05, 0) is 23.5 Å². The molecule has 0 saturated heterocycles. The zero-order chi connectivity index (χ0) is 18.5. The van der Waals surface area contributed by atoms with E-state index < -0.39 is 12.9 Å². The van der Waals surface area contributed by atoms with E-state index in [1.54, 1.807) is 0 Å². The Balaban J connectivity index is 2.72. The molecule has 0 aliphatic carbocycles. The fraction of sp³-hybridized carbons (Fsp3) is 0.400. The lowest BCUT2D eigenvalue weighted by Crippen LogP contribution is -2.47. The fourth-order valence-electron chi connectivity index (χ4n) is 3.52. The number of benzene rings is 2. The lowest BCUT2D eigenvalue weighted by atomic mass is 9.81. The van der Waals surface area contributed by atoms with Gasteiger partial charge in [-0.1, -0.05) is 74.5 Å². The van der Waals surface area contributed by atoms with E-state index in [0.29, 0.717) is 6.42 Å². The SMILES string of the molecule is COP(=O)(OC)[C@](N)(CC(C)C)C(c1ccccc1)c1ccccc1. The van der Waals surface area contributed by atoms with Gasteiger partial charge in [0, 0.05) is 20.1 Å². The summed E-state index contributed by atoms with van der Waals surface area (Å²) in [6, 6.07) is 19.8. The molecule has 2 aromatic rings. The molecule has 0 aromatic heterocycles. The average Bonchev–Trinajstić information content (AvgIpc) is 2.62. The van der Waals surface area contributed by atoms with Gasteiger partial charge >= 0.3 is 7.60 Å². The topological polar surface area (TPSA) is 61.5 Å². The maximum Gasteiger partial charge on any atom is 0.350 e. The molecular weight excluding hydrogens is 333 g/mol. The molecule has 0 heterocycles. The molecular formula is C20H28NO3P. The van der Waals surface area contributed by atoms with E-state index in [-0.39, 0.29) is 11.8 Å². The lowest BCUT2D eigenvalue weighted by molar-refractivity contribution is 0.225. The van der Waals surface area contributed by atoms with Crippen LogP contribution in [0.4, 0.5) is 0 Å². The monoisotopic (exact) mass is 361 g/mol. The van der Waals surface area contributed by atoms with E-state index in [9.17, 15) is 4.57 Å². The van der Waals surface area contributed by atoms with Crippen LogP contribution in [0.5, 0.6) is 0 Å². The number of hydrogen-bond acceptors (Lipinski definition) is 4. The van der Waals surface area contributed by atoms with Gasteiger partial charge in [0.05, 0.1) is 0 Å². The zero-order valence-electron chi connectivity index (χ0n) is 15.4. The molecule has 0 saturated carbocycles. The van der Waals surface area contributed by atoms with Crippen LogP contribution in [0.2, 0.25) is 0 Å². The molecule has 0 aliphatic rings. The van der Waals surface area contributed by atoms with Crippen molar-refractivity contribution in [2.24, 2.45) is 11.7 Å². The highest BCUT2D eigenvalue weighted by Crippen LogP contribution is 2.64. The van der Waals surface area contributed by atoms with Crippen molar-refractivity contribution >= 4 is 7.60 Å². The number of nitrogens with two attached hydrogens (primary N) is 1. The summed E-state index contributed by atoms with van der Waals surface area (Å²) in [5.74, 6) is -0.0958. The molecule has 0 spiro atoms. The summed E-state index contributed by atoms with van der Waals surface area (Å²) in [6.07, 6.45) is 0.500. The van der Waals surface area contributed by atoms with Crippen LogP contribution >= 0.6 is 7.60 Å². The number of rotatable bonds is 8. The van der Waals surface area contributed by atoms with E-state index in [4.69, 9.17) is 14.8 Å². The van der Waals surface area contributed by atoms with Crippen LogP contribution in [0.15, 0.2) is 60.7 Å². The van der Waals surface area contributed by atoms with Crippen molar-refractivity contribution in [3.8, 4) is 0 Å². The second-order valence-corrected chi connectivity index (χ2v) is 9.26. The molecule has 0 amide bonds. The Bertz CT molecular complexity index is 658. The van der Waals surface area contributed by atoms with E-state index in [0.717, 1.165) is 11.1 Å². The van der Waals surface area contributed by atoms with Gasteiger partial charge in [-0.2, -0.15) is 0 Å². The summed E-state index contributed by atoms with van der Waals surface area (Å²) in [6.45, 7) is 4.12. The first-order valence-corrected chi connectivity index (χ1v) is 10.0. The molecule has 1 atom stereocenters. The first-order valence-electron chi connectivity index (χ1n) is 8.48. The quantitative estimate of drug-likeness (QED) is 0.672. The average molecular weight is 361 g/mol. The maximum absolute atomic E-state index is 13.5. The minimum atomic E-state index is -3.57. The molecule has 0 radical (unpaired) electrons. The first-order chi connectivity index (χ1) is 11.9. The van der Waals surface area contributed by atoms with Crippen molar-refractivity contribution in [1.82, 2.24) is 0 Å². The lowest BCUT2D eigenvalue weighted by Gasteiger charge is -2.42. The van der Waals surface area contributed by atoms with Crippen molar-refractivity contribution in [1.29, 1.82) is 0 Å². The molecule has 0 fully saturated rings. The number of hydrogen-bond donors (Lipinski definition) is 1. The Kier molecular flexibility index (Phi) is 6.59. The molecule has 5 heteroatoms. The molecule has 2 rings (SSSR count). The van der Waals surface area contributed by atoms with Gasteiger partial charge in [-0.3, -0.25) is 4.57 Å². The summed E-state index contributed by atoms with van der Waals surface area (Å²) in [5, 5.41) is -1.19. The third-order valence-electron chi connectivity index (χ3n) is 4.49. The van der Waals surface area contributed by atoms with Crippen LogP contribution in [-0.2, 0) is 13.6 Å². The normalized spacial score (nSPS) is 14.7. The third-order valence-corrected chi connectivity index (χ3v) is 6.91. The first kappa shape index (κ1) is 19.9. The Hall–Kier alpha value is -1.45. The Morgan fingerprint density at radius 3 is 1.64 bits per heavy atom. The largest absolute Gasteiger partial charge is 0.350 e.